The number of hydrogen-bond acceptors (Lipinski definition) is 3. The Labute approximate surface area is 125 Å². The van der Waals surface area contributed by atoms with E-state index in [1.54, 1.807) is 6.20 Å². The number of anilines is 1. The number of amides is 2. The van der Waals surface area contributed by atoms with Crippen LogP contribution < -0.4 is 10.6 Å². The molecule has 3 rings (SSSR count). The number of likely N-dealkylation sites (tertiary alicyclic amines) is 1. The first-order chi connectivity index (χ1) is 10.2. The van der Waals surface area contributed by atoms with Gasteiger partial charge in [-0.05, 0) is 51.6 Å². The zero-order valence-electron chi connectivity index (χ0n) is 12.7. The molecule has 2 heterocycles. The molecule has 0 aromatic carbocycles. The number of nitrogens with one attached hydrogen (secondary N) is 2. The average Bonchev–Trinajstić information content (AvgIpc) is 3.00. The van der Waals surface area contributed by atoms with Crippen LogP contribution in [0.5, 0.6) is 0 Å². The molecule has 1 aliphatic heterocycles. The van der Waals surface area contributed by atoms with Gasteiger partial charge in [0.25, 0.3) is 0 Å². The van der Waals surface area contributed by atoms with E-state index in [-0.39, 0.29) is 6.03 Å². The summed E-state index contributed by atoms with van der Waals surface area (Å²) in [6, 6.07) is 2.08. The van der Waals surface area contributed by atoms with Crippen LogP contribution in [0.2, 0.25) is 0 Å². The van der Waals surface area contributed by atoms with Crippen LogP contribution in [0.25, 0.3) is 0 Å². The van der Waals surface area contributed by atoms with Crippen LogP contribution in [0.1, 0.15) is 38.6 Å². The van der Waals surface area contributed by atoms with E-state index in [2.05, 4.69) is 27.6 Å². The Hall–Kier alpha value is -1.56. The summed E-state index contributed by atoms with van der Waals surface area (Å²) in [5.41, 5.74) is 0. The van der Waals surface area contributed by atoms with Crippen molar-refractivity contribution in [2.75, 3.05) is 31.5 Å². The molecule has 1 aromatic rings. The summed E-state index contributed by atoms with van der Waals surface area (Å²) in [6.45, 7) is 6.12. The lowest BCUT2D eigenvalue weighted by Gasteiger charge is -2.17. The van der Waals surface area contributed by atoms with Crippen LogP contribution in [0.4, 0.5) is 10.6 Å². The van der Waals surface area contributed by atoms with E-state index in [0.29, 0.717) is 18.5 Å². The van der Waals surface area contributed by atoms with Crippen molar-refractivity contribution in [3.05, 3.63) is 12.3 Å². The molecule has 116 valence electrons. The molecule has 6 heteroatoms. The molecule has 1 aromatic heterocycles. The van der Waals surface area contributed by atoms with Gasteiger partial charge in [-0.25, -0.2) is 9.48 Å². The highest BCUT2D eigenvalue weighted by atomic mass is 16.2. The lowest BCUT2D eigenvalue weighted by atomic mass is 10.2. The molecule has 2 amide bonds. The zero-order valence-corrected chi connectivity index (χ0v) is 12.7. The third-order valence-electron chi connectivity index (χ3n) is 4.51. The second kappa shape index (κ2) is 6.47. The lowest BCUT2D eigenvalue weighted by Crippen LogP contribution is -2.36. The number of rotatable bonds is 6. The van der Waals surface area contributed by atoms with Gasteiger partial charge in [-0.3, -0.25) is 5.32 Å². The fourth-order valence-corrected chi connectivity index (χ4v) is 3.01. The maximum Gasteiger partial charge on any atom is 0.320 e. The van der Waals surface area contributed by atoms with Crippen molar-refractivity contribution in [2.24, 2.45) is 5.92 Å². The van der Waals surface area contributed by atoms with Gasteiger partial charge in [-0.15, -0.1) is 0 Å². The Morgan fingerprint density at radius 3 is 2.90 bits per heavy atom. The first-order valence-corrected chi connectivity index (χ1v) is 8.05. The molecule has 1 saturated carbocycles. The van der Waals surface area contributed by atoms with E-state index in [1.807, 2.05) is 10.7 Å². The molecule has 1 saturated heterocycles. The van der Waals surface area contributed by atoms with Gasteiger partial charge in [0.05, 0.1) is 12.2 Å². The Morgan fingerprint density at radius 1 is 1.43 bits per heavy atom. The average molecular weight is 291 g/mol. The lowest BCUT2D eigenvalue weighted by molar-refractivity contribution is 0.249. The van der Waals surface area contributed by atoms with Crippen molar-refractivity contribution in [3.63, 3.8) is 0 Å². The maximum absolute atomic E-state index is 12.0. The second-order valence-electron chi connectivity index (χ2n) is 6.17. The molecule has 1 aliphatic carbocycles. The quantitative estimate of drug-likeness (QED) is 0.843. The van der Waals surface area contributed by atoms with Crippen molar-refractivity contribution in [2.45, 2.75) is 38.6 Å². The van der Waals surface area contributed by atoms with Crippen molar-refractivity contribution in [1.82, 2.24) is 20.0 Å². The van der Waals surface area contributed by atoms with Gasteiger partial charge in [0.1, 0.15) is 5.82 Å². The molecule has 21 heavy (non-hydrogen) atoms. The van der Waals surface area contributed by atoms with Crippen molar-refractivity contribution >= 4 is 11.8 Å². The number of aromatic nitrogens is 2. The number of carbonyl (C=O) groups excluding carboxylic acids is 1. The molecule has 2 aliphatic rings. The minimum Gasteiger partial charge on any atom is -0.337 e. The van der Waals surface area contributed by atoms with Gasteiger partial charge in [-0.2, -0.15) is 5.10 Å². The molecular formula is C15H25N5O. The fraction of sp³-hybridized carbons (Fsp3) is 0.733. The molecular weight excluding hydrogens is 266 g/mol. The van der Waals surface area contributed by atoms with E-state index in [4.69, 9.17) is 0 Å². The standard InChI is InChI=1S/C15H25N5O/c1-12(13-4-5-13)20-14(6-7-17-20)18-15(21)16-8-11-19-9-2-3-10-19/h6-7,12-13H,2-5,8-11H2,1H3,(H2,16,18,21)/t12-/m0/s1. The molecule has 0 radical (unpaired) electrons. The first-order valence-electron chi connectivity index (χ1n) is 8.05. The topological polar surface area (TPSA) is 62.2 Å². The van der Waals surface area contributed by atoms with E-state index in [9.17, 15) is 4.79 Å². The molecule has 0 unspecified atom stereocenters. The highest BCUT2D eigenvalue weighted by molar-refractivity contribution is 5.88. The Morgan fingerprint density at radius 2 is 2.19 bits per heavy atom. The SMILES string of the molecule is C[C@@H](C1CC1)n1nccc1NC(=O)NCCN1CCCC1. The molecule has 1 atom stereocenters. The van der Waals surface area contributed by atoms with Gasteiger partial charge >= 0.3 is 6.03 Å². The second-order valence-corrected chi connectivity index (χ2v) is 6.17. The van der Waals surface area contributed by atoms with E-state index in [0.717, 1.165) is 25.5 Å². The van der Waals surface area contributed by atoms with Gasteiger partial charge in [0.15, 0.2) is 0 Å². The molecule has 0 bridgehead atoms. The van der Waals surface area contributed by atoms with Crippen molar-refractivity contribution in [1.29, 1.82) is 0 Å². The smallest absolute Gasteiger partial charge is 0.320 e. The number of nitrogens with zero attached hydrogens (tertiary/aromatic N) is 3. The van der Waals surface area contributed by atoms with E-state index >= 15 is 0 Å². The normalized spacial score (nSPS) is 20.4. The monoisotopic (exact) mass is 291 g/mol. The highest BCUT2D eigenvalue weighted by Gasteiger charge is 2.30. The number of hydrogen-bond donors (Lipinski definition) is 2. The van der Waals surface area contributed by atoms with Crippen LogP contribution in [0.3, 0.4) is 0 Å². The van der Waals surface area contributed by atoms with Gasteiger partial charge in [-0.1, -0.05) is 0 Å². The minimum atomic E-state index is -0.140. The summed E-state index contributed by atoms with van der Waals surface area (Å²) in [5.74, 6) is 1.50. The molecule has 2 N–H and O–H groups in total. The van der Waals surface area contributed by atoms with E-state index in [1.165, 1.54) is 25.7 Å². The summed E-state index contributed by atoms with van der Waals surface area (Å²) in [6.07, 6.45) is 6.85. The largest absolute Gasteiger partial charge is 0.337 e. The minimum absolute atomic E-state index is 0.140. The molecule has 0 spiro atoms. The predicted molar refractivity (Wildman–Crippen MR) is 82.4 cm³/mol. The highest BCUT2D eigenvalue weighted by Crippen LogP contribution is 2.40. The van der Waals surface area contributed by atoms with Crippen molar-refractivity contribution in [3.8, 4) is 0 Å². The third-order valence-corrected chi connectivity index (χ3v) is 4.51. The van der Waals surface area contributed by atoms with Gasteiger partial charge in [0.2, 0.25) is 0 Å². The van der Waals surface area contributed by atoms with Crippen molar-refractivity contribution < 1.29 is 4.79 Å². The fourth-order valence-electron chi connectivity index (χ4n) is 3.01. The summed E-state index contributed by atoms with van der Waals surface area (Å²) < 4.78 is 1.93. The van der Waals surface area contributed by atoms with Crippen LogP contribution in [-0.4, -0.2) is 46.9 Å². The molecule has 6 nitrogen and oxygen atoms in total. The van der Waals surface area contributed by atoms with Crippen LogP contribution in [0, 0.1) is 5.92 Å². The summed E-state index contributed by atoms with van der Waals surface area (Å²) in [4.78, 5) is 14.4. The maximum atomic E-state index is 12.0. The predicted octanol–water partition coefficient (Wildman–Crippen LogP) is 2.07. The summed E-state index contributed by atoms with van der Waals surface area (Å²) in [7, 11) is 0. The summed E-state index contributed by atoms with van der Waals surface area (Å²) >= 11 is 0. The van der Waals surface area contributed by atoms with E-state index < -0.39 is 0 Å². The summed E-state index contributed by atoms with van der Waals surface area (Å²) in [5, 5.41) is 10.2. The van der Waals surface area contributed by atoms with Crippen LogP contribution >= 0.6 is 0 Å². The van der Waals surface area contributed by atoms with Gasteiger partial charge in [0, 0.05) is 19.2 Å². The Bertz CT molecular complexity index is 476. The van der Waals surface area contributed by atoms with Gasteiger partial charge < -0.3 is 10.2 Å². The van der Waals surface area contributed by atoms with Crippen LogP contribution in [0.15, 0.2) is 12.3 Å². The number of carbonyl (C=O) groups is 1. The third kappa shape index (κ3) is 3.75. The first kappa shape index (κ1) is 14.4. The molecule has 2 fully saturated rings. The Balaban J connectivity index is 1.44. The van der Waals surface area contributed by atoms with Crippen LogP contribution in [-0.2, 0) is 0 Å². The zero-order chi connectivity index (χ0) is 14.7. The number of urea groups is 1. The Kier molecular flexibility index (Phi) is 4.43.